The van der Waals surface area contributed by atoms with Gasteiger partial charge in [-0.3, -0.25) is 4.79 Å². The average Bonchev–Trinajstić information content (AvgIpc) is 2.96. The molecule has 3 rings (SSSR count). The number of carbonyl (C=O) groups is 1. The van der Waals surface area contributed by atoms with E-state index in [2.05, 4.69) is 35.6 Å². The topological polar surface area (TPSA) is 38.3 Å². The lowest BCUT2D eigenvalue weighted by molar-refractivity contribution is -0.128. The highest BCUT2D eigenvalue weighted by Gasteiger charge is 2.29. The number of benzene rings is 1. The molecular formula is C18H25NO2. The summed E-state index contributed by atoms with van der Waals surface area (Å²) in [6.45, 7) is 1.47. The quantitative estimate of drug-likeness (QED) is 0.924. The summed E-state index contributed by atoms with van der Waals surface area (Å²) in [6, 6.07) is 11.1. The second-order valence-corrected chi connectivity index (χ2v) is 6.46. The molecule has 0 bridgehead atoms. The van der Waals surface area contributed by atoms with Gasteiger partial charge in [-0.25, -0.2) is 0 Å². The minimum Gasteiger partial charge on any atom is -0.381 e. The first kappa shape index (κ1) is 14.6. The number of hydrogen-bond donors (Lipinski definition) is 1. The van der Waals surface area contributed by atoms with Gasteiger partial charge in [0.25, 0.3) is 0 Å². The summed E-state index contributed by atoms with van der Waals surface area (Å²) in [5, 5.41) is 3.27. The Balaban J connectivity index is 1.45. The third-order valence-corrected chi connectivity index (χ3v) is 4.85. The van der Waals surface area contributed by atoms with Crippen molar-refractivity contribution < 1.29 is 9.53 Å². The fourth-order valence-corrected chi connectivity index (χ4v) is 3.62. The van der Waals surface area contributed by atoms with E-state index in [1.165, 1.54) is 12.0 Å². The lowest BCUT2D eigenvalue weighted by Gasteiger charge is -2.23. The van der Waals surface area contributed by atoms with Crippen molar-refractivity contribution in [3.05, 3.63) is 35.9 Å². The van der Waals surface area contributed by atoms with Crippen LogP contribution in [-0.2, 0) is 16.0 Å². The molecule has 1 aromatic rings. The van der Waals surface area contributed by atoms with Crippen LogP contribution in [0.1, 0.15) is 37.7 Å². The van der Waals surface area contributed by atoms with Crippen LogP contribution in [0, 0.1) is 11.8 Å². The predicted molar refractivity (Wildman–Crippen MR) is 83.0 cm³/mol. The Kier molecular flexibility index (Phi) is 4.91. The molecule has 2 aliphatic rings. The summed E-state index contributed by atoms with van der Waals surface area (Å²) in [5.41, 5.74) is 1.42. The van der Waals surface area contributed by atoms with Crippen molar-refractivity contribution >= 4 is 5.91 Å². The monoisotopic (exact) mass is 287 g/mol. The summed E-state index contributed by atoms with van der Waals surface area (Å²) >= 11 is 0. The van der Waals surface area contributed by atoms with Crippen molar-refractivity contribution in [2.24, 2.45) is 11.8 Å². The molecule has 1 saturated carbocycles. The van der Waals surface area contributed by atoms with E-state index < -0.39 is 0 Å². The van der Waals surface area contributed by atoms with Gasteiger partial charge in [0.1, 0.15) is 0 Å². The molecule has 2 atom stereocenters. The van der Waals surface area contributed by atoms with Crippen LogP contribution < -0.4 is 5.32 Å². The molecule has 0 aromatic heterocycles. The van der Waals surface area contributed by atoms with Crippen LogP contribution in [0.3, 0.4) is 0 Å². The highest BCUT2D eigenvalue weighted by Crippen LogP contribution is 2.29. The Morgan fingerprint density at radius 3 is 2.62 bits per heavy atom. The Morgan fingerprint density at radius 2 is 1.86 bits per heavy atom. The first-order chi connectivity index (χ1) is 10.3. The molecule has 3 heteroatoms. The molecule has 0 spiro atoms. The second-order valence-electron chi connectivity index (χ2n) is 6.46. The first-order valence-electron chi connectivity index (χ1n) is 8.23. The predicted octanol–water partition coefficient (Wildman–Crippen LogP) is 2.94. The van der Waals surface area contributed by atoms with Gasteiger partial charge in [0, 0.05) is 25.2 Å². The Hall–Kier alpha value is -1.35. The fourth-order valence-electron chi connectivity index (χ4n) is 3.62. The van der Waals surface area contributed by atoms with Crippen molar-refractivity contribution in [3.63, 3.8) is 0 Å². The molecular weight excluding hydrogens is 262 g/mol. The van der Waals surface area contributed by atoms with E-state index in [9.17, 15) is 4.79 Å². The highest BCUT2D eigenvalue weighted by atomic mass is 16.5. The number of amides is 1. The fraction of sp³-hybridized carbons (Fsp3) is 0.611. The van der Waals surface area contributed by atoms with Gasteiger partial charge in [-0.1, -0.05) is 30.3 Å². The van der Waals surface area contributed by atoms with Crippen LogP contribution in [0.2, 0.25) is 0 Å². The number of carbonyl (C=O) groups excluding carboxylic acids is 1. The summed E-state index contributed by atoms with van der Waals surface area (Å²) in [7, 11) is 0. The average molecular weight is 287 g/mol. The molecule has 1 amide bonds. The molecule has 3 nitrogen and oxygen atoms in total. The van der Waals surface area contributed by atoms with E-state index in [0.29, 0.717) is 12.0 Å². The van der Waals surface area contributed by atoms with Crippen molar-refractivity contribution in [2.75, 3.05) is 13.2 Å². The molecule has 1 aliphatic heterocycles. The van der Waals surface area contributed by atoms with Gasteiger partial charge in [0.15, 0.2) is 0 Å². The van der Waals surface area contributed by atoms with Crippen LogP contribution in [0.25, 0.3) is 0 Å². The molecule has 0 radical (unpaired) electrons. The maximum Gasteiger partial charge on any atom is 0.223 e. The Morgan fingerprint density at radius 1 is 1.10 bits per heavy atom. The summed E-state index contributed by atoms with van der Waals surface area (Å²) in [4.78, 5) is 12.3. The van der Waals surface area contributed by atoms with Crippen LogP contribution in [0.5, 0.6) is 0 Å². The van der Waals surface area contributed by atoms with Gasteiger partial charge in [0.05, 0.1) is 0 Å². The molecule has 21 heavy (non-hydrogen) atoms. The zero-order chi connectivity index (χ0) is 14.5. The summed E-state index contributed by atoms with van der Waals surface area (Å²) in [5.74, 6) is 1.14. The van der Waals surface area contributed by atoms with Crippen molar-refractivity contribution in [1.82, 2.24) is 5.32 Å². The van der Waals surface area contributed by atoms with Gasteiger partial charge in [-0.15, -0.1) is 0 Å². The molecule has 2 unspecified atom stereocenters. The number of rotatable bonds is 4. The minimum atomic E-state index is 0.173. The largest absolute Gasteiger partial charge is 0.381 e. The SMILES string of the molecule is O=C(NC1CCC(Cc2ccccc2)C1)C1CCOCC1. The standard InChI is InChI=1S/C18H25NO2/c20-18(16-8-10-21-11-9-16)19-17-7-6-15(13-17)12-14-4-2-1-3-5-14/h1-5,15-17H,6-13H2,(H,19,20). The number of nitrogens with one attached hydrogen (secondary N) is 1. The zero-order valence-corrected chi connectivity index (χ0v) is 12.6. The lowest BCUT2D eigenvalue weighted by Crippen LogP contribution is -2.39. The zero-order valence-electron chi connectivity index (χ0n) is 12.6. The van der Waals surface area contributed by atoms with Crippen LogP contribution in [0.4, 0.5) is 0 Å². The van der Waals surface area contributed by atoms with Crippen LogP contribution in [-0.4, -0.2) is 25.2 Å². The molecule has 1 saturated heterocycles. The molecule has 1 aliphatic carbocycles. The summed E-state index contributed by atoms with van der Waals surface area (Å²) < 4.78 is 5.32. The van der Waals surface area contributed by atoms with E-state index in [1.54, 1.807) is 0 Å². The first-order valence-corrected chi connectivity index (χ1v) is 8.23. The highest BCUT2D eigenvalue weighted by molar-refractivity contribution is 5.79. The van der Waals surface area contributed by atoms with E-state index in [1.807, 2.05) is 0 Å². The summed E-state index contributed by atoms with van der Waals surface area (Å²) in [6.07, 6.45) is 6.40. The Bertz CT molecular complexity index is 454. The van der Waals surface area contributed by atoms with E-state index >= 15 is 0 Å². The third-order valence-electron chi connectivity index (χ3n) is 4.85. The van der Waals surface area contributed by atoms with Gasteiger partial charge in [-0.05, 0) is 50.0 Å². The van der Waals surface area contributed by atoms with Gasteiger partial charge in [-0.2, -0.15) is 0 Å². The molecule has 114 valence electrons. The Labute approximate surface area is 127 Å². The molecule has 2 fully saturated rings. The van der Waals surface area contributed by atoms with E-state index in [0.717, 1.165) is 45.3 Å². The second kappa shape index (κ2) is 7.08. The van der Waals surface area contributed by atoms with Crippen LogP contribution in [0.15, 0.2) is 30.3 Å². The number of ether oxygens (including phenoxy) is 1. The van der Waals surface area contributed by atoms with E-state index in [4.69, 9.17) is 4.74 Å². The maximum atomic E-state index is 12.3. The smallest absolute Gasteiger partial charge is 0.223 e. The van der Waals surface area contributed by atoms with Gasteiger partial charge in [0.2, 0.25) is 5.91 Å². The van der Waals surface area contributed by atoms with Crippen LogP contribution >= 0.6 is 0 Å². The van der Waals surface area contributed by atoms with Crippen molar-refractivity contribution in [1.29, 1.82) is 0 Å². The normalized spacial score (nSPS) is 26.7. The van der Waals surface area contributed by atoms with Crippen molar-refractivity contribution in [3.8, 4) is 0 Å². The van der Waals surface area contributed by atoms with Gasteiger partial charge < -0.3 is 10.1 Å². The van der Waals surface area contributed by atoms with E-state index in [-0.39, 0.29) is 11.8 Å². The van der Waals surface area contributed by atoms with Crippen molar-refractivity contribution in [2.45, 2.75) is 44.6 Å². The maximum absolute atomic E-state index is 12.3. The molecule has 1 N–H and O–H groups in total. The lowest BCUT2D eigenvalue weighted by atomic mass is 9.97. The molecule has 1 aromatic carbocycles. The number of hydrogen-bond acceptors (Lipinski definition) is 2. The molecule has 1 heterocycles. The third kappa shape index (κ3) is 4.07. The van der Waals surface area contributed by atoms with Gasteiger partial charge >= 0.3 is 0 Å². The minimum absolute atomic E-state index is 0.173.